The van der Waals surface area contributed by atoms with Crippen LogP contribution in [0.2, 0.25) is 5.02 Å². The number of hydrogen-bond donors (Lipinski definition) is 2. The molecule has 0 bridgehead atoms. The molecule has 2 aromatic carbocycles. The van der Waals surface area contributed by atoms with Gasteiger partial charge in [0.2, 0.25) is 0 Å². The number of thiocarbonyl (C=S) groups is 1. The quantitative estimate of drug-likeness (QED) is 0.371. The fourth-order valence-electron chi connectivity index (χ4n) is 3.38. The second-order valence-corrected chi connectivity index (χ2v) is 8.23. The first-order valence-corrected chi connectivity index (χ1v) is 10.8. The summed E-state index contributed by atoms with van der Waals surface area (Å²) < 4.78 is 16.8. The molecule has 0 spiro atoms. The van der Waals surface area contributed by atoms with Crippen LogP contribution in [0.15, 0.2) is 60.8 Å². The van der Waals surface area contributed by atoms with Gasteiger partial charge in [-0.2, -0.15) is 10.2 Å². The second-order valence-electron chi connectivity index (χ2n) is 7.42. The first-order chi connectivity index (χ1) is 15.4. The minimum Gasteiger partial charge on any atom is -0.329 e. The van der Waals surface area contributed by atoms with Crippen LogP contribution in [0.1, 0.15) is 22.5 Å². The van der Waals surface area contributed by atoms with Gasteiger partial charge in [0.15, 0.2) is 10.9 Å². The van der Waals surface area contributed by atoms with Gasteiger partial charge in [0.1, 0.15) is 10.8 Å². The summed E-state index contributed by atoms with van der Waals surface area (Å²) in [5.74, 6) is 0.222. The monoisotopic (exact) mass is 468 g/mol. The van der Waals surface area contributed by atoms with E-state index < -0.39 is 0 Å². The normalized spacial score (nSPS) is 10.9. The first kappa shape index (κ1) is 22.0. The Balaban J connectivity index is 1.43. The molecular weight excluding hydrogens is 447 g/mol. The Morgan fingerprint density at radius 1 is 0.969 bits per heavy atom. The van der Waals surface area contributed by atoms with Crippen molar-refractivity contribution >= 4 is 40.4 Å². The number of benzene rings is 2. The predicted octanol–water partition coefficient (Wildman–Crippen LogP) is 5.39. The van der Waals surface area contributed by atoms with Crippen molar-refractivity contribution in [2.24, 2.45) is 0 Å². The van der Waals surface area contributed by atoms with Crippen molar-refractivity contribution in [2.75, 3.05) is 10.6 Å². The third-order valence-electron chi connectivity index (χ3n) is 5.00. The van der Waals surface area contributed by atoms with Gasteiger partial charge in [-0.1, -0.05) is 54.1 Å². The Morgan fingerprint density at radius 2 is 1.66 bits per heavy atom. The number of aromatic nitrogens is 4. The molecule has 32 heavy (non-hydrogen) atoms. The summed E-state index contributed by atoms with van der Waals surface area (Å²) in [6.45, 7) is 5.00. The summed E-state index contributed by atoms with van der Waals surface area (Å²) in [6, 6.07) is 16.4. The van der Waals surface area contributed by atoms with Crippen molar-refractivity contribution in [1.29, 1.82) is 0 Å². The van der Waals surface area contributed by atoms with Gasteiger partial charge < -0.3 is 10.6 Å². The fourth-order valence-corrected chi connectivity index (χ4v) is 3.78. The average molecular weight is 469 g/mol. The largest absolute Gasteiger partial charge is 0.329 e. The van der Waals surface area contributed by atoms with E-state index in [4.69, 9.17) is 23.8 Å². The van der Waals surface area contributed by atoms with Crippen molar-refractivity contribution in [3.8, 4) is 0 Å². The van der Waals surface area contributed by atoms with Gasteiger partial charge in [-0.05, 0) is 49.3 Å². The topological polar surface area (TPSA) is 59.7 Å². The summed E-state index contributed by atoms with van der Waals surface area (Å²) >= 11 is 11.8. The fraction of sp³-hybridized carbons (Fsp3) is 0.174. The van der Waals surface area contributed by atoms with E-state index in [0.29, 0.717) is 29.0 Å². The highest BCUT2D eigenvalue weighted by atomic mass is 35.5. The minimum absolute atomic E-state index is 0.259. The summed E-state index contributed by atoms with van der Waals surface area (Å²) in [5.41, 5.74) is 4.61. The lowest BCUT2D eigenvalue weighted by atomic mass is 10.2. The Hall–Kier alpha value is -3.23. The average Bonchev–Trinajstić information content (AvgIpc) is 3.23. The number of aryl methyl sites for hydroxylation is 1. The molecule has 4 rings (SSSR count). The zero-order valence-electron chi connectivity index (χ0n) is 17.6. The smallest absolute Gasteiger partial charge is 0.176 e. The van der Waals surface area contributed by atoms with Crippen molar-refractivity contribution < 1.29 is 4.39 Å². The van der Waals surface area contributed by atoms with Crippen LogP contribution in [-0.4, -0.2) is 24.7 Å². The lowest BCUT2D eigenvalue weighted by Crippen LogP contribution is -2.20. The number of nitrogens with one attached hydrogen (secondary N) is 2. The van der Waals surface area contributed by atoms with E-state index in [9.17, 15) is 4.39 Å². The molecule has 2 heterocycles. The lowest BCUT2D eigenvalue weighted by molar-refractivity contribution is 0.622. The molecule has 0 atom stereocenters. The van der Waals surface area contributed by atoms with Gasteiger partial charge in [-0.25, -0.2) is 4.39 Å². The summed E-state index contributed by atoms with van der Waals surface area (Å²) in [4.78, 5) is 0. The van der Waals surface area contributed by atoms with E-state index in [-0.39, 0.29) is 5.82 Å². The predicted molar refractivity (Wildman–Crippen MR) is 130 cm³/mol. The lowest BCUT2D eigenvalue weighted by Gasteiger charge is -2.10. The highest BCUT2D eigenvalue weighted by molar-refractivity contribution is 7.80. The molecule has 0 saturated heterocycles. The van der Waals surface area contributed by atoms with Crippen molar-refractivity contribution in [3.63, 3.8) is 0 Å². The molecular formula is C23H22ClFN6S. The molecule has 0 aliphatic rings. The molecule has 2 aromatic heterocycles. The van der Waals surface area contributed by atoms with Crippen LogP contribution in [0.25, 0.3) is 0 Å². The number of anilines is 2. The molecule has 0 unspecified atom stereocenters. The van der Waals surface area contributed by atoms with Crippen molar-refractivity contribution in [2.45, 2.75) is 26.9 Å². The number of rotatable bonds is 6. The Morgan fingerprint density at radius 3 is 2.38 bits per heavy atom. The molecule has 9 heteroatoms. The van der Waals surface area contributed by atoms with E-state index in [1.54, 1.807) is 23.0 Å². The van der Waals surface area contributed by atoms with Gasteiger partial charge in [-0.15, -0.1) is 0 Å². The maximum atomic E-state index is 13.2. The van der Waals surface area contributed by atoms with Gasteiger partial charge in [-0.3, -0.25) is 9.36 Å². The molecule has 164 valence electrons. The summed E-state index contributed by atoms with van der Waals surface area (Å²) in [5, 5.41) is 16.2. The van der Waals surface area contributed by atoms with E-state index in [0.717, 1.165) is 28.2 Å². The third-order valence-corrected chi connectivity index (χ3v) is 5.48. The van der Waals surface area contributed by atoms with Crippen molar-refractivity contribution in [3.05, 3.63) is 94.1 Å². The van der Waals surface area contributed by atoms with E-state index >= 15 is 0 Å². The molecule has 0 radical (unpaired) electrons. The maximum absolute atomic E-state index is 13.2. The molecule has 0 aliphatic heterocycles. The first-order valence-electron chi connectivity index (χ1n) is 10.0. The zero-order chi connectivity index (χ0) is 22.7. The molecule has 4 aromatic rings. The molecule has 6 nitrogen and oxygen atoms in total. The summed E-state index contributed by atoms with van der Waals surface area (Å²) in [6.07, 6.45) is 1.76. The maximum Gasteiger partial charge on any atom is 0.176 e. The number of nitrogens with zero attached hydrogens (tertiary/aromatic N) is 4. The third kappa shape index (κ3) is 5.15. The SMILES string of the molecule is Cc1nn(Cc2ccc(F)cc2)c(C)c1NC(=S)Nc1nn(Cc2ccccc2)cc1Cl. The molecule has 0 saturated carbocycles. The Kier molecular flexibility index (Phi) is 6.53. The van der Waals surface area contributed by atoms with Crippen molar-refractivity contribution in [1.82, 2.24) is 19.6 Å². The molecule has 0 aliphatic carbocycles. The van der Waals surface area contributed by atoms with Gasteiger partial charge in [0.25, 0.3) is 0 Å². The number of hydrogen-bond acceptors (Lipinski definition) is 3. The van der Waals surface area contributed by atoms with Gasteiger partial charge >= 0.3 is 0 Å². The van der Waals surface area contributed by atoms with E-state index in [1.807, 2.05) is 48.9 Å². The Bertz CT molecular complexity index is 1230. The van der Waals surface area contributed by atoms with Crippen LogP contribution in [0, 0.1) is 19.7 Å². The molecule has 2 N–H and O–H groups in total. The molecule has 0 amide bonds. The highest BCUT2D eigenvalue weighted by Crippen LogP contribution is 2.23. The minimum atomic E-state index is -0.259. The number of halogens is 2. The van der Waals surface area contributed by atoms with Crippen LogP contribution in [0.5, 0.6) is 0 Å². The second kappa shape index (κ2) is 9.50. The van der Waals surface area contributed by atoms with Crippen LogP contribution >= 0.6 is 23.8 Å². The highest BCUT2D eigenvalue weighted by Gasteiger charge is 2.15. The zero-order valence-corrected chi connectivity index (χ0v) is 19.2. The standard InChI is InChI=1S/C23H22ClFN6S/c1-15-21(16(2)31(28-15)13-18-8-10-19(25)11-9-18)26-23(32)27-22-20(24)14-30(29-22)12-17-6-4-3-5-7-17/h3-11,14H,12-13H2,1-2H3,(H2,26,27,29,32). The van der Waals surface area contributed by atoms with E-state index in [1.165, 1.54) is 12.1 Å². The van der Waals surface area contributed by atoms with Gasteiger partial charge in [0.05, 0.1) is 30.2 Å². The van der Waals surface area contributed by atoms with Crippen LogP contribution in [0.4, 0.5) is 15.9 Å². The van der Waals surface area contributed by atoms with Crippen LogP contribution < -0.4 is 10.6 Å². The van der Waals surface area contributed by atoms with Gasteiger partial charge in [0, 0.05) is 6.20 Å². The van der Waals surface area contributed by atoms with Crippen LogP contribution in [-0.2, 0) is 13.1 Å². The Labute approximate surface area is 196 Å². The van der Waals surface area contributed by atoms with E-state index in [2.05, 4.69) is 20.8 Å². The van der Waals surface area contributed by atoms with Crippen LogP contribution in [0.3, 0.4) is 0 Å². The molecule has 0 fully saturated rings. The summed E-state index contributed by atoms with van der Waals surface area (Å²) in [7, 11) is 0.